The van der Waals surface area contributed by atoms with Crippen LogP contribution in [0.15, 0.2) is 24.3 Å². The third kappa shape index (κ3) is 5.62. The molecule has 3 nitrogen and oxygen atoms in total. The molecule has 1 atom stereocenters. The van der Waals surface area contributed by atoms with Crippen molar-refractivity contribution in [3.05, 3.63) is 34.9 Å². The predicted octanol–water partition coefficient (Wildman–Crippen LogP) is 3.32. The van der Waals surface area contributed by atoms with Crippen LogP contribution in [0.25, 0.3) is 0 Å². The van der Waals surface area contributed by atoms with E-state index in [-0.39, 0.29) is 12.5 Å². The Kier molecular flexibility index (Phi) is 6.89. The first-order valence-electron chi connectivity index (χ1n) is 6.77. The molecule has 0 heterocycles. The van der Waals surface area contributed by atoms with Crippen molar-refractivity contribution in [2.75, 3.05) is 6.54 Å². The summed E-state index contributed by atoms with van der Waals surface area (Å²) in [6.07, 6.45) is 1.84. The summed E-state index contributed by atoms with van der Waals surface area (Å²) in [5.74, 6) is 0.425. The number of rotatable bonds is 7. The van der Waals surface area contributed by atoms with Crippen molar-refractivity contribution in [2.24, 2.45) is 5.92 Å². The molecule has 0 bridgehead atoms. The van der Waals surface area contributed by atoms with Gasteiger partial charge in [0, 0.05) is 18.0 Å². The first-order valence-corrected chi connectivity index (χ1v) is 7.14. The van der Waals surface area contributed by atoms with E-state index in [1.165, 1.54) is 0 Å². The maximum atomic E-state index is 11.7. The number of hydrogen-bond donors (Lipinski definition) is 2. The molecule has 1 unspecified atom stereocenters. The van der Waals surface area contributed by atoms with Crippen LogP contribution >= 0.6 is 11.6 Å². The highest BCUT2D eigenvalue weighted by Gasteiger charge is 2.12. The summed E-state index contributed by atoms with van der Waals surface area (Å²) in [6, 6.07) is 6.98. The zero-order valence-corrected chi connectivity index (χ0v) is 12.3. The number of hydrogen-bond acceptors (Lipinski definition) is 2. The molecular formula is C15H22ClNO2. The maximum Gasteiger partial charge on any atom is 0.220 e. The van der Waals surface area contributed by atoms with E-state index in [4.69, 9.17) is 11.6 Å². The molecule has 0 aromatic heterocycles. The minimum atomic E-state index is -0.692. The van der Waals surface area contributed by atoms with E-state index < -0.39 is 6.10 Å². The van der Waals surface area contributed by atoms with Crippen molar-refractivity contribution in [3.63, 3.8) is 0 Å². The lowest BCUT2D eigenvalue weighted by atomic mass is 9.99. The molecule has 4 heteroatoms. The molecule has 0 aliphatic carbocycles. The first-order chi connectivity index (χ1) is 9.06. The largest absolute Gasteiger partial charge is 0.387 e. The lowest BCUT2D eigenvalue weighted by molar-refractivity contribution is -0.122. The van der Waals surface area contributed by atoms with E-state index in [0.29, 0.717) is 17.4 Å². The van der Waals surface area contributed by atoms with Crippen LogP contribution < -0.4 is 5.32 Å². The minimum Gasteiger partial charge on any atom is -0.387 e. The number of benzene rings is 1. The Morgan fingerprint density at radius 3 is 2.37 bits per heavy atom. The summed E-state index contributed by atoms with van der Waals surface area (Å²) >= 11 is 5.78. The van der Waals surface area contributed by atoms with Crippen molar-refractivity contribution < 1.29 is 9.90 Å². The van der Waals surface area contributed by atoms with Crippen LogP contribution in [0.4, 0.5) is 0 Å². The second-order valence-electron chi connectivity index (χ2n) is 4.76. The topological polar surface area (TPSA) is 49.3 Å². The van der Waals surface area contributed by atoms with Crippen LogP contribution in [0, 0.1) is 5.92 Å². The molecule has 0 radical (unpaired) electrons. The van der Waals surface area contributed by atoms with Gasteiger partial charge >= 0.3 is 0 Å². The van der Waals surface area contributed by atoms with Gasteiger partial charge in [-0.15, -0.1) is 0 Å². The van der Waals surface area contributed by atoms with E-state index in [9.17, 15) is 9.90 Å². The average Bonchev–Trinajstić information content (AvgIpc) is 2.43. The van der Waals surface area contributed by atoms with Crippen molar-refractivity contribution in [1.29, 1.82) is 0 Å². The predicted molar refractivity (Wildman–Crippen MR) is 78.1 cm³/mol. The maximum absolute atomic E-state index is 11.7. The Morgan fingerprint density at radius 2 is 1.84 bits per heavy atom. The standard InChI is InChI=1S/C15H22ClNO2/c1-3-11(4-2)9-15(19)17-10-14(18)12-5-7-13(16)8-6-12/h5-8,11,14,18H,3-4,9-10H2,1-2H3,(H,17,19). The number of aliphatic hydroxyl groups excluding tert-OH is 1. The Balaban J connectivity index is 2.39. The van der Waals surface area contributed by atoms with Crippen molar-refractivity contribution in [3.8, 4) is 0 Å². The fourth-order valence-electron chi connectivity index (χ4n) is 1.92. The Morgan fingerprint density at radius 1 is 1.26 bits per heavy atom. The molecule has 0 aliphatic heterocycles. The molecule has 106 valence electrons. The normalized spacial score (nSPS) is 12.5. The van der Waals surface area contributed by atoms with Crippen LogP contribution in [0.5, 0.6) is 0 Å². The lowest BCUT2D eigenvalue weighted by Gasteiger charge is -2.15. The summed E-state index contributed by atoms with van der Waals surface area (Å²) in [5, 5.41) is 13.4. The molecule has 0 saturated heterocycles. The average molecular weight is 284 g/mol. The number of nitrogens with one attached hydrogen (secondary N) is 1. The second-order valence-corrected chi connectivity index (χ2v) is 5.19. The SMILES string of the molecule is CCC(CC)CC(=O)NCC(O)c1ccc(Cl)cc1. The summed E-state index contributed by atoms with van der Waals surface area (Å²) in [7, 11) is 0. The molecule has 0 fully saturated rings. The smallest absolute Gasteiger partial charge is 0.220 e. The zero-order valence-electron chi connectivity index (χ0n) is 11.5. The van der Waals surface area contributed by atoms with Crippen LogP contribution in [0.2, 0.25) is 5.02 Å². The summed E-state index contributed by atoms with van der Waals surface area (Å²) < 4.78 is 0. The highest BCUT2D eigenvalue weighted by Crippen LogP contribution is 2.16. The zero-order chi connectivity index (χ0) is 14.3. The first kappa shape index (κ1) is 16.0. The molecule has 1 aromatic rings. The van der Waals surface area contributed by atoms with Crippen molar-refractivity contribution in [2.45, 2.75) is 39.2 Å². The van der Waals surface area contributed by atoms with Crippen molar-refractivity contribution in [1.82, 2.24) is 5.32 Å². The molecule has 1 rings (SSSR count). The Hall–Kier alpha value is -1.06. The van der Waals surface area contributed by atoms with Gasteiger partial charge in [0.2, 0.25) is 5.91 Å². The molecule has 1 aromatic carbocycles. The molecule has 0 aliphatic rings. The summed E-state index contributed by atoms with van der Waals surface area (Å²) in [6.45, 7) is 4.41. The Labute approximate surface area is 120 Å². The van der Waals surface area contributed by atoms with E-state index in [1.54, 1.807) is 24.3 Å². The van der Waals surface area contributed by atoms with Gasteiger partial charge in [0.25, 0.3) is 0 Å². The van der Waals surface area contributed by atoms with Gasteiger partial charge in [0.1, 0.15) is 0 Å². The summed E-state index contributed by atoms with van der Waals surface area (Å²) in [4.78, 5) is 11.7. The second kappa shape index (κ2) is 8.18. The highest BCUT2D eigenvalue weighted by atomic mass is 35.5. The van der Waals surface area contributed by atoms with Gasteiger partial charge in [-0.3, -0.25) is 4.79 Å². The Bertz CT molecular complexity index is 388. The van der Waals surface area contributed by atoms with E-state index in [0.717, 1.165) is 18.4 Å². The summed E-state index contributed by atoms with van der Waals surface area (Å²) in [5.41, 5.74) is 0.757. The van der Waals surface area contributed by atoms with Gasteiger partial charge in [-0.05, 0) is 23.6 Å². The van der Waals surface area contributed by atoms with Crippen LogP contribution in [-0.2, 0) is 4.79 Å². The number of halogens is 1. The molecule has 0 spiro atoms. The number of amides is 1. The quantitative estimate of drug-likeness (QED) is 0.806. The van der Waals surface area contributed by atoms with Gasteiger partial charge in [-0.1, -0.05) is 50.4 Å². The van der Waals surface area contributed by atoms with Gasteiger partial charge in [-0.25, -0.2) is 0 Å². The minimum absolute atomic E-state index is 0.00159. The van der Waals surface area contributed by atoms with Gasteiger partial charge < -0.3 is 10.4 Å². The lowest BCUT2D eigenvalue weighted by Crippen LogP contribution is -2.29. The third-order valence-electron chi connectivity index (χ3n) is 3.38. The number of aliphatic hydroxyl groups is 1. The fourth-order valence-corrected chi connectivity index (χ4v) is 2.05. The number of carbonyl (C=O) groups is 1. The van der Waals surface area contributed by atoms with E-state index in [2.05, 4.69) is 19.2 Å². The van der Waals surface area contributed by atoms with Crippen molar-refractivity contribution >= 4 is 17.5 Å². The van der Waals surface area contributed by atoms with Gasteiger partial charge in [0.05, 0.1) is 6.10 Å². The van der Waals surface area contributed by atoms with E-state index >= 15 is 0 Å². The highest BCUT2D eigenvalue weighted by molar-refractivity contribution is 6.30. The number of carbonyl (C=O) groups excluding carboxylic acids is 1. The van der Waals surface area contributed by atoms with Gasteiger partial charge in [-0.2, -0.15) is 0 Å². The van der Waals surface area contributed by atoms with Crippen LogP contribution in [0.1, 0.15) is 44.8 Å². The third-order valence-corrected chi connectivity index (χ3v) is 3.63. The fraction of sp³-hybridized carbons (Fsp3) is 0.533. The molecule has 1 amide bonds. The molecule has 0 saturated carbocycles. The molecule has 19 heavy (non-hydrogen) atoms. The van der Waals surface area contributed by atoms with E-state index in [1.807, 2.05) is 0 Å². The van der Waals surface area contributed by atoms with Gasteiger partial charge in [0.15, 0.2) is 0 Å². The van der Waals surface area contributed by atoms with Crippen LogP contribution in [-0.4, -0.2) is 17.6 Å². The monoisotopic (exact) mass is 283 g/mol. The molecular weight excluding hydrogens is 262 g/mol. The van der Waals surface area contributed by atoms with Crippen LogP contribution in [0.3, 0.4) is 0 Å². The molecule has 2 N–H and O–H groups in total.